The van der Waals surface area contributed by atoms with Crippen LogP contribution in [0, 0.1) is 5.92 Å². The zero-order chi connectivity index (χ0) is 15.4. The summed E-state index contributed by atoms with van der Waals surface area (Å²) in [5.41, 5.74) is 1.42. The molecule has 2 aromatic rings. The van der Waals surface area contributed by atoms with Crippen molar-refractivity contribution in [1.82, 2.24) is 19.8 Å². The van der Waals surface area contributed by atoms with Crippen LogP contribution in [-0.2, 0) is 0 Å². The Morgan fingerprint density at radius 2 is 2.36 bits per heavy atom. The molecule has 0 aromatic carbocycles. The molecule has 0 bridgehead atoms. The molecule has 1 aliphatic heterocycles. The van der Waals surface area contributed by atoms with Crippen molar-refractivity contribution >= 4 is 11.4 Å². The van der Waals surface area contributed by atoms with Crippen molar-refractivity contribution in [2.75, 3.05) is 26.2 Å². The molecule has 0 aliphatic carbocycles. The van der Waals surface area contributed by atoms with Crippen LogP contribution in [0.4, 0.5) is 0 Å². The molecule has 3 rings (SSSR count). The minimum absolute atomic E-state index is 0.0873. The van der Waals surface area contributed by atoms with Gasteiger partial charge in [0.15, 0.2) is 5.69 Å². The van der Waals surface area contributed by atoms with Gasteiger partial charge in [-0.25, -0.2) is 4.52 Å². The van der Waals surface area contributed by atoms with Crippen LogP contribution in [0.5, 0.6) is 0 Å². The molecule has 5 nitrogen and oxygen atoms in total. The van der Waals surface area contributed by atoms with Crippen molar-refractivity contribution in [3.63, 3.8) is 0 Å². The van der Waals surface area contributed by atoms with Gasteiger partial charge in [-0.15, -0.1) is 0 Å². The zero-order valence-electron chi connectivity index (χ0n) is 13.2. The lowest BCUT2D eigenvalue weighted by molar-refractivity contribution is 0.0945. The first-order valence-corrected chi connectivity index (χ1v) is 8.17. The minimum Gasteiger partial charge on any atom is -0.351 e. The van der Waals surface area contributed by atoms with Crippen LogP contribution >= 0.6 is 0 Å². The first kappa shape index (κ1) is 15.0. The van der Waals surface area contributed by atoms with Gasteiger partial charge in [0.25, 0.3) is 5.91 Å². The molecule has 118 valence electrons. The van der Waals surface area contributed by atoms with E-state index in [-0.39, 0.29) is 5.91 Å². The number of rotatable bonds is 5. The predicted molar refractivity (Wildman–Crippen MR) is 87.0 cm³/mol. The van der Waals surface area contributed by atoms with E-state index in [1.54, 1.807) is 4.52 Å². The van der Waals surface area contributed by atoms with E-state index in [4.69, 9.17) is 0 Å². The summed E-state index contributed by atoms with van der Waals surface area (Å²) in [5.74, 6) is 0.719. The van der Waals surface area contributed by atoms with Crippen LogP contribution in [0.1, 0.15) is 36.7 Å². The number of nitrogens with zero attached hydrogens (tertiary/aromatic N) is 3. The lowest BCUT2D eigenvalue weighted by Gasteiger charge is -2.30. The fourth-order valence-corrected chi connectivity index (χ4v) is 3.13. The zero-order valence-corrected chi connectivity index (χ0v) is 13.2. The van der Waals surface area contributed by atoms with Crippen molar-refractivity contribution in [3.8, 4) is 0 Å². The molecule has 1 amide bonds. The minimum atomic E-state index is -0.0873. The number of fused-ring (bicyclic) bond motifs is 1. The van der Waals surface area contributed by atoms with Crippen LogP contribution in [0.25, 0.3) is 5.52 Å². The summed E-state index contributed by atoms with van der Waals surface area (Å²) in [7, 11) is 0. The highest BCUT2D eigenvalue weighted by atomic mass is 16.1. The number of likely N-dealkylation sites (tertiary alicyclic amines) is 1. The van der Waals surface area contributed by atoms with Gasteiger partial charge in [-0.2, -0.15) is 5.10 Å². The number of amides is 1. The fraction of sp³-hybridized carbons (Fsp3) is 0.529. The summed E-state index contributed by atoms with van der Waals surface area (Å²) in [6, 6.07) is 7.61. The second-order valence-electron chi connectivity index (χ2n) is 6.26. The molecule has 0 spiro atoms. The van der Waals surface area contributed by atoms with E-state index in [9.17, 15) is 4.79 Å². The number of nitrogens with one attached hydrogen (secondary N) is 1. The van der Waals surface area contributed by atoms with Crippen molar-refractivity contribution in [3.05, 3.63) is 36.2 Å². The Balaban J connectivity index is 1.44. The molecular formula is C17H24N4O. The highest BCUT2D eigenvalue weighted by molar-refractivity contribution is 5.93. The molecule has 1 N–H and O–H groups in total. The van der Waals surface area contributed by atoms with Gasteiger partial charge in [0.1, 0.15) is 0 Å². The maximum absolute atomic E-state index is 12.1. The summed E-state index contributed by atoms with van der Waals surface area (Å²) >= 11 is 0. The first-order chi connectivity index (χ1) is 10.7. The molecule has 1 fully saturated rings. The summed E-state index contributed by atoms with van der Waals surface area (Å²) in [4.78, 5) is 14.6. The quantitative estimate of drug-likeness (QED) is 0.861. The molecule has 1 unspecified atom stereocenters. The monoisotopic (exact) mass is 300 g/mol. The largest absolute Gasteiger partial charge is 0.351 e. The molecule has 0 radical (unpaired) electrons. The normalized spacial score (nSPS) is 19.4. The average Bonchev–Trinajstić information content (AvgIpc) is 2.95. The molecule has 1 atom stereocenters. The van der Waals surface area contributed by atoms with Crippen LogP contribution in [0.3, 0.4) is 0 Å². The fourth-order valence-electron chi connectivity index (χ4n) is 3.13. The third-order valence-corrected chi connectivity index (χ3v) is 4.28. The van der Waals surface area contributed by atoms with Crippen molar-refractivity contribution in [2.24, 2.45) is 5.92 Å². The van der Waals surface area contributed by atoms with Gasteiger partial charge < -0.3 is 10.2 Å². The van der Waals surface area contributed by atoms with E-state index in [1.165, 1.54) is 25.9 Å². The van der Waals surface area contributed by atoms with Gasteiger partial charge in [-0.3, -0.25) is 4.79 Å². The van der Waals surface area contributed by atoms with E-state index < -0.39 is 0 Å². The van der Waals surface area contributed by atoms with Gasteiger partial charge in [0.05, 0.1) is 5.52 Å². The third-order valence-electron chi connectivity index (χ3n) is 4.28. The third kappa shape index (κ3) is 3.65. The molecule has 1 aliphatic rings. The molecule has 2 aromatic heterocycles. The van der Waals surface area contributed by atoms with Crippen molar-refractivity contribution < 1.29 is 4.79 Å². The maximum atomic E-state index is 12.1. The number of piperidine rings is 1. The van der Waals surface area contributed by atoms with Gasteiger partial charge >= 0.3 is 0 Å². The average molecular weight is 300 g/mol. The molecule has 22 heavy (non-hydrogen) atoms. The lowest BCUT2D eigenvalue weighted by Crippen LogP contribution is -2.36. The molecule has 5 heteroatoms. The smallest absolute Gasteiger partial charge is 0.271 e. The summed E-state index contributed by atoms with van der Waals surface area (Å²) in [6.07, 6.45) is 5.49. The van der Waals surface area contributed by atoms with E-state index in [0.29, 0.717) is 12.2 Å². The van der Waals surface area contributed by atoms with Crippen LogP contribution < -0.4 is 5.32 Å². The standard InChI is InChI=1S/C17H24N4O/c1-14-6-4-9-20(13-14)10-5-8-18-17(22)16-12-15-7-2-3-11-21(15)19-16/h2-3,7,11-12,14H,4-6,8-10,13H2,1H3,(H,18,22). The Kier molecular flexibility index (Phi) is 4.73. The van der Waals surface area contributed by atoms with Crippen LogP contribution in [0.15, 0.2) is 30.5 Å². The first-order valence-electron chi connectivity index (χ1n) is 8.17. The second-order valence-corrected chi connectivity index (χ2v) is 6.26. The highest BCUT2D eigenvalue weighted by Crippen LogP contribution is 2.15. The Bertz CT molecular complexity index is 603. The molecule has 3 heterocycles. The van der Waals surface area contributed by atoms with Crippen molar-refractivity contribution in [2.45, 2.75) is 26.2 Å². The summed E-state index contributed by atoms with van der Waals surface area (Å²) in [5, 5.41) is 7.25. The summed E-state index contributed by atoms with van der Waals surface area (Å²) < 4.78 is 1.73. The van der Waals surface area contributed by atoms with Crippen LogP contribution in [0.2, 0.25) is 0 Å². The van der Waals surface area contributed by atoms with Crippen LogP contribution in [-0.4, -0.2) is 46.6 Å². The molecular weight excluding hydrogens is 276 g/mol. The highest BCUT2D eigenvalue weighted by Gasteiger charge is 2.15. The number of carbonyl (C=O) groups excluding carboxylic acids is 1. The van der Waals surface area contributed by atoms with E-state index >= 15 is 0 Å². The molecule has 1 saturated heterocycles. The predicted octanol–water partition coefficient (Wildman–Crippen LogP) is 2.19. The van der Waals surface area contributed by atoms with Gasteiger partial charge in [0, 0.05) is 19.3 Å². The van der Waals surface area contributed by atoms with E-state index in [1.807, 2.05) is 30.5 Å². The second kappa shape index (κ2) is 6.92. The van der Waals surface area contributed by atoms with Gasteiger partial charge in [-0.1, -0.05) is 13.0 Å². The number of carbonyl (C=O) groups is 1. The van der Waals surface area contributed by atoms with Gasteiger partial charge in [0.2, 0.25) is 0 Å². The number of hydrogen-bond donors (Lipinski definition) is 1. The van der Waals surface area contributed by atoms with Crippen molar-refractivity contribution in [1.29, 1.82) is 0 Å². The SMILES string of the molecule is CC1CCCN(CCCNC(=O)c2cc3ccccn3n2)C1. The Morgan fingerprint density at radius 1 is 1.45 bits per heavy atom. The number of pyridine rings is 1. The van der Waals surface area contributed by atoms with Gasteiger partial charge in [-0.05, 0) is 56.5 Å². The Morgan fingerprint density at radius 3 is 3.18 bits per heavy atom. The molecule has 0 saturated carbocycles. The Labute approximate surface area is 131 Å². The maximum Gasteiger partial charge on any atom is 0.271 e. The topological polar surface area (TPSA) is 49.6 Å². The lowest BCUT2D eigenvalue weighted by atomic mass is 10.0. The van der Waals surface area contributed by atoms with E-state index in [2.05, 4.69) is 22.2 Å². The number of hydrogen-bond acceptors (Lipinski definition) is 3. The Hall–Kier alpha value is -1.88. The van der Waals surface area contributed by atoms with E-state index in [0.717, 1.165) is 24.4 Å². The summed E-state index contributed by atoms with van der Waals surface area (Å²) in [6.45, 7) is 6.48. The number of aromatic nitrogens is 2.